The molecule has 3 fully saturated rings. The molecule has 0 aromatic heterocycles. The van der Waals surface area contributed by atoms with Crippen LogP contribution in [0.2, 0.25) is 0 Å². The molecule has 3 unspecified atom stereocenters. The maximum atomic E-state index is 2.53. The van der Waals surface area contributed by atoms with E-state index in [1.807, 2.05) is 0 Å². The Morgan fingerprint density at radius 3 is 1.51 bits per heavy atom. The molecular weight excluding hydrogens is 833 g/mol. The second kappa shape index (κ2) is 17.7. The van der Waals surface area contributed by atoms with Crippen LogP contribution in [0.3, 0.4) is 0 Å². The van der Waals surface area contributed by atoms with Crippen LogP contribution < -0.4 is 9.80 Å². The Bertz CT molecular complexity index is 3010. The normalized spacial score (nSPS) is 22.0. The van der Waals surface area contributed by atoms with Crippen LogP contribution in [-0.2, 0) is 10.8 Å². The number of fused-ring (bicyclic) bond motifs is 5. The van der Waals surface area contributed by atoms with Gasteiger partial charge in [-0.15, -0.1) is 0 Å². The molecule has 69 heavy (non-hydrogen) atoms. The van der Waals surface area contributed by atoms with Crippen LogP contribution in [0.1, 0.15) is 113 Å². The number of hydrogen-bond acceptors (Lipinski definition) is 2. The summed E-state index contributed by atoms with van der Waals surface area (Å²) in [4.78, 5) is 4.91. The Morgan fingerprint density at radius 1 is 0.449 bits per heavy atom. The van der Waals surface area contributed by atoms with E-state index in [-0.39, 0.29) is 10.8 Å². The van der Waals surface area contributed by atoms with Crippen molar-refractivity contribution in [2.75, 3.05) is 9.80 Å². The first kappa shape index (κ1) is 43.6. The fourth-order valence-electron chi connectivity index (χ4n) is 13.7. The third-order valence-corrected chi connectivity index (χ3v) is 17.6. The van der Waals surface area contributed by atoms with E-state index in [1.165, 1.54) is 111 Å². The lowest BCUT2D eigenvalue weighted by molar-refractivity contribution is 0.217. The van der Waals surface area contributed by atoms with Gasteiger partial charge in [0.15, 0.2) is 0 Å². The molecule has 0 amide bonds. The Balaban J connectivity index is 0.936. The Kier molecular flexibility index (Phi) is 11.2. The van der Waals surface area contributed by atoms with E-state index in [1.54, 1.807) is 0 Å². The molecule has 0 radical (unpaired) electrons. The number of rotatable bonds is 11. The van der Waals surface area contributed by atoms with Crippen LogP contribution in [0, 0.1) is 23.7 Å². The van der Waals surface area contributed by atoms with Crippen LogP contribution in [-0.4, -0.2) is 0 Å². The van der Waals surface area contributed by atoms with E-state index < -0.39 is 0 Å². The van der Waals surface area contributed by atoms with Crippen molar-refractivity contribution in [3.63, 3.8) is 0 Å². The maximum Gasteiger partial charge on any atom is 0.0465 e. The molecule has 2 nitrogen and oxygen atoms in total. The molecule has 2 heteroatoms. The molecule has 3 atom stereocenters. The molecule has 0 saturated heterocycles. The standard InChI is InChI=1S/C67H66N2/c1-46(2)48-39-41-67(42-40-48,52-27-33-57(34-28-52)68(54-17-10-6-11-18-54)55-19-12-7-13-20-55)53-29-35-58(36-30-53)69(56-31-25-50(26-32-56)62-44-47-23-24-51(62)43-47)59-37-38-61-64(45-59)66(3,4)63-22-14-21-60(65(61)63)49-15-8-5-9-16-49/h5-22,25-38,45-48,51,62H,23-24,39-44H2,1-4H3. The third-order valence-electron chi connectivity index (χ3n) is 17.6. The van der Waals surface area contributed by atoms with E-state index in [0.29, 0.717) is 11.8 Å². The summed E-state index contributed by atoms with van der Waals surface area (Å²) < 4.78 is 0. The molecule has 8 aromatic carbocycles. The van der Waals surface area contributed by atoms with Crippen molar-refractivity contribution in [3.8, 4) is 22.3 Å². The molecule has 3 saturated carbocycles. The number of para-hydroxylation sites is 2. The number of nitrogens with zero attached hydrogens (tertiary/aromatic N) is 2. The minimum absolute atomic E-state index is 0.0697. The molecule has 0 heterocycles. The highest BCUT2D eigenvalue weighted by molar-refractivity contribution is 5.94. The molecule has 0 aliphatic heterocycles. The second-order valence-corrected chi connectivity index (χ2v) is 21.9. The van der Waals surface area contributed by atoms with Crippen LogP contribution >= 0.6 is 0 Å². The number of anilines is 6. The fraction of sp³-hybridized carbons (Fsp3) is 0.284. The monoisotopic (exact) mass is 899 g/mol. The summed E-state index contributed by atoms with van der Waals surface area (Å²) in [5.41, 5.74) is 19.4. The molecule has 0 N–H and O–H groups in total. The van der Waals surface area contributed by atoms with Crippen molar-refractivity contribution in [2.24, 2.45) is 23.7 Å². The molecule has 344 valence electrons. The Labute approximate surface area is 411 Å². The van der Waals surface area contributed by atoms with Gasteiger partial charge in [0.25, 0.3) is 0 Å². The quantitative estimate of drug-likeness (QED) is 0.128. The highest BCUT2D eigenvalue weighted by Crippen LogP contribution is 2.56. The third kappa shape index (κ3) is 7.72. The van der Waals surface area contributed by atoms with Gasteiger partial charge in [-0.2, -0.15) is 0 Å². The van der Waals surface area contributed by atoms with E-state index in [2.05, 4.69) is 238 Å². The average molecular weight is 899 g/mol. The highest BCUT2D eigenvalue weighted by atomic mass is 15.1. The Hall–Kier alpha value is -6.64. The van der Waals surface area contributed by atoms with Gasteiger partial charge < -0.3 is 9.80 Å². The summed E-state index contributed by atoms with van der Waals surface area (Å²) in [5.74, 6) is 3.93. The van der Waals surface area contributed by atoms with E-state index in [9.17, 15) is 0 Å². The maximum absolute atomic E-state index is 2.53. The minimum Gasteiger partial charge on any atom is -0.311 e. The molecule has 0 spiro atoms. The van der Waals surface area contributed by atoms with Crippen molar-refractivity contribution in [1.82, 2.24) is 0 Å². The molecule has 4 aliphatic carbocycles. The van der Waals surface area contributed by atoms with Crippen molar-refractivity contribution < 1.29 is 0 Å². The lowest BCUT2D eigenvalue weighted by Crippen LogP contribution is -2.34. The first-order valence-corrected chi connectivity index (χ1v) is 26.1. The van der Waals surface area contributed by atoms with Gasteiger partial charge >= 0.3 is 0 Å². The van der Waals surface area contributed by atoms with Crippen LogP contribution in [0.25, 0.3) is 22.3 Å². The van der Waals surface area contributed by atoms with Crippen LogP contribution in [0.15, 0.2) is 200 Å². The van der Waals surface area contributed by atoms with Gasteiger partial charge in [0.05, 0.1) is 0 Å². The minimum atomic E-state index is -0.150. The van der Waals surface area contributed by atoms with Crippen molar-refractivity contribution in [1.29, 1.82) is 0 Å². The topological polar surface area (TPSA) is 6.48 Å². The van der Waals surface area contributed by atoms with Gasteiger partial charge in [-0.05, 0) is 197 Å². The largest absolute Gasteiger partial charge is 0.311 e. The highest BCUT2D eigenvalue weighted by Gasteiger charge is 2.42. The van der Waals surface area contributed by atoms with Gasteiger partial charge in [-0.1, -0.05) is 162 Å². The van der Waals surface area contributed by atoms with E-state index in [0.717, 1.165) is 42.0 Å². The van der Waals surface area contributed by atoms with Crippen molar-refractivity contribution in [3.05, 3.63) is 228 Å². The van der Waals surface area contributed by atoms with E-state index >= 15 is 0 Å². The molecular formula is C67H66N2. The van der Waals surface area contributed by atoms with Crippen molar-refractivity contribution in [2.45, 2.75) is 95.8 Å². The summed E-state index contributed by atoms with van der Waals surface area (Å²) >= 11 is 0. The number of hydrogen-bond donors (Lipinski definition) is 0. The van der Waals surface area contributed by atoms with Gasteiger partial charge in [-0.25, -0.2) is 0 Å². The Morgan fingerprint density at radius 2 is 0.971 bits per heavy atom. The average Bonchev–Trinajstić information content (AvgIpc) is 4.11. The van der Waals surface area contributed by atoms with Crippen LogP contribution in [0.4, 0.5) is 34.1 Å². The van der Waals surface area contributed by atoms with Gasteiger partial charge in [-0.3, -0.25) is 0 Å². The summed E-state index contributed by atoms with van der Waals surface area (Å²) in [6, 6.07) is 75.9. The predicted octanol–water partition coefficient (Wildman–Crippen LogP) is 18.6. The van der Waals surface area contributed by atoms with E-state index in [4.69, 9.17) is 0 Å². The molecule has 2 bridgehead atoms. The first-order chi connectivity index (χ1) is 33.7. The van der Waals surface area contributed by atoms with Gasteiger partial charge in [0, 0.05) is 45.0 Å². The van der Waals surface area contributed by atoms with Crippen LogP contribution in [0.5, 0.6) is 0 Å². The number of benzene rings is 8. The van der Waals surface area contributed by atoms with Gasteiger partial charge in [0.1, 0.15) is 0 Å². The zero-order valence-corrected chi connectivity index (χ0v) is 41.0. The fourth-order valence-corrected chi connectivity index (χ4v) is 13.7. The lowest BCUT2D eigenvalue weighted by Gasteiger charge is -2.43. The van der Waals surface area contributed by atoms with Gasteiger partial charge in [0.2, 0.25) is 0 Å². The zero-order valence-electron chi connectivity index (χ0n) is 41.0. The summed E-state index contributed by atoms with van der Waals surface area (Å²) in [7, 11) is 0. The second-order valence-electron chi connectivity index (χ2n) is 21.9. The first-order valence-electron chi connectivity index (χ1n) is 26.1. The smallest absolute Gasteiger partial charge is 0.0465 e. The summed E-state index contributed by atoms with van der Waals surface area (Å²) in [6.45, 7) is 9.67. The SMILES string of the molecule is CC(C)C1CCC(c2ccc(N(c3ccccc3)c3ccccc3)cc2)(c2ccc(N(c3ccc(C4CC5CCC4C5)cc3)c3ccc4c(c3)C(C)(C)c3cccc(-c5ccccc5)c3-4)cc2)CC1. The molecule has 8 aromatic rings. The van der Waals surface area contributed by atoms with Crippen molar-refractivity contribution >= 4 is 34.1 Å². The summed E-state index contributed by atoms with van der Waals surface area (Å²) in [5, 5.41) is 0. The molecule has 4 aliphatic rings. The lowest BCUT2D eigenvalue weighted by atomic mass is 9.61. The summed E-state index contributed by atoms with van der Waals surface area (Å²) in [6.07, 6.45) is 10.4. The predicted molar refractivity (Wildman–Crippen MR) is 291 cm³/mol. The zero-order chi connectivity index (χ0) is 46.7. The molecule has 12 rings (SSSR count).